The van der Waals surface area contributed by atoms with Crippen LogP contribution < -0.4 is 0 Å². The smallest absolute Gasteiger partial charge is 0.00170 e. The molecule has 0 heteroatoms. The summed E-state index contributed by atoms with van der Waals surface area (Å²) in [5.74, 6) is 0. The first-order chi connectivity index (χ1) is 26.1. The van der Waals surface area contributed by atoms with Crippen LogP contribution in [-0.2, 0) is 10.8 Å². The molecule has 0 aliphatic heterocycles. The summed E-state index contributed by atoms with van der Waals surface area (Å²) in [5.41, 5.74) is 12.8. The lowest BCUT2D eigenvalue weighted by Crippen LogP contribution is -2.22. The third-order valence-corrected chi connectivity index (χ3v) is 11.3. The molecule has 0 amide bonds. The summed E-state index contributed by atoms with van der Waals surface area (Å²) in [7, 11) is 0. The van der Waals surface area contributed by atoms with Crippen LogP contribution in [-0.4, -0.2) is 0 Å². The van der Waals surface area contributed by atoms with E-state index in [1.165, 1.54) is 98.7 Å². The molecule has 262 valence electrons. The molecule has 0 aliphatic rings. The Bertz CT molecular complexity index is 2880. The highest BCUT2D eigenvalue weighted by Crippen LogP contribution is 2.52. The Morgan fingerprint density at radius 3 is 1.17 bits per heavy atom. The summed E-state index contributed by atoms with van der Waals surface area (Å²) in [6, 6.07) is 63.2. The topological polar surface area (TPSA) is 0 Å². The molecule has 0 bridgehead atoms. The molecule has 0 fully saturated rings. The van der Waals surface area contributed by atoms with Gasteiger partial charge in [-0.25, -0.2) is 0 Å². The third-order valence-electron chi connectivity index (χ3n) is 11.3. The standard InChI is InChI=1S/C54H46/c1-53(2,3)48-34-33-47-49(43-27-13-11-25-41(43)39-31-17-21-35-19-7-9-23-37(35)39)45-29-15-16-30-46(45)50(51(47)52(48)54(4,5)6)44-28-14-12-26-42(44)40-32-18-22-36-20-8-10-24-38(36)40/h7-34H,1-6H3. The fourth-order valence-corrected chi connectivity index (χ4v) is 9.04. The predicted molar refractivity (Wildman–Crippen MR) is 236 cm³/mol. The van der Waals surface area contributed by atoms with E-state index in [-0.39, 0.29) is 10.8 Å². The van der Waals surface area contributed by atoms with E-state index < -0.39 is 0 Å². The molecule has 0 atom stereocenters. The zero-order valence-corrected chi connectivity index (χ0v) is 32.2. The normalized spacial score (nSPS) is 12.3. The first-order valence-corrected chi connectivity index (χ1v) is 19.3. The van der Waals surface area contributed by atoms with Crippen LogP contribution in [0.5, 0.6) is 0 Å². The van der Waals surface area contributed by atoms with Gasteiger partial charge < -0.3 is 0 Å². The molecule has 9 aromatic rings. The van der Waals surface area contributed by atoms with Crippen LogP contribution in [0.4, 0.5) is 0 Å². The van der Waals surface area contributed by atoms with E-state index in [1.54, 1.807) is 0 Å². The predicted octanol–water partition coefficient (Wildman–Crippen LogP) is 15.6. The monoisotopic (exact) mass is 694 g/mol. The van der Waals surface area contributed by atoms with Crippen molar-refractivity contribution in [1.29, 1.82) is 0 Å². The van der Waals surface area contributed by atoms with Crippen molar-refractivity contribution in [2.24, 2.45) is 0 Å². The van der Waals surface area contributed by atoms with Crippen LogP contribution >= 0.6 is 0 Å². The van der Waals surface area contributed by atoms with Crippen LogP contribution in [0.2, 0.25) is 0 Å². The molecule has 0 heterocycles. The van der Waals surface area contributed by atoms with Gasteiger partial charge in [-0.2, -0.15) is 0 Å². The van der Waals surface area contributed by atoms with Crippen molar-refractivity contribution in [1.82, 2.24) is 0 Å². The number of fused-ring (bicyclic) bond motifs is 4. The summed E-state index contributed by atoms with van der Waals surface area (Å²) in [6.45, 7) is 14.3. The minimum atomic E-state index is -0.139. The van der Waals surface area contributed by atoms with E-state index in [0.29, 0.717) is 0 Å². The Morgan fingerprint density at radius 1 is 0.278 bits per heavy atom. The molecule has 0 saturated carbocycles. The van der Waals surface area contributed by atoms with Crippen molar-refractivity contribution in [3.63, 3.8) is 0 Å². The van der Waals surface area contributed by atoms with Gasteiger partial charge in [-0.15, -0.1) is 0 Å². The number of benzene rings is 9. The second-order valence-corrected chi connectivity index (χ2v) is 16.9. The summed E-state index contributed by atoms with van der Waals surface area (Å²) >= 11 is 0. The quantitative estimate of drug-likeness (QED) is 0.161. The lowest BCUT2D eigenvalue weighted by molar-refractivity contribution is 0.535. The lowest BCUT2D eigenvalue weighted by atomic mass is 9.70. The highest BCUT2D eigenvalue weighted by Gasteiger charge is 2.31. The zero-order valence-electron chi connectivity index (χ0n) is 32.2. The highest BCUT2D eigenvalue weighted by atomic mass is 14.3. The molecule has 9 aromatic carbocycles. The number of hydrogen-bond donors (Lipinski definition) is 0. The first kappa shape index (κ1) is 33.8. The van der Waals surface area contributed by atoms with Gasteiger partial charge in [-0.1, -0.05) is 211 Å². The second-order valence-electron chi connectivity index (χ2n) is 16.9. The van der Waals surface area contributed by atoms with Crippen LogP contribution in [0.15, 0.2) is 170 Å². The molecule has 0 N–H and O–H groups in total. The maximum absolute atomic E-state index is 2.44. The van der Waals surface area contributed by atoms with Gasteiger partial charge >= 0.3 is 0 Å². The van der Waals surface area contributed by atoms with E-state index in [2.05, 4.69) is 211 Å². The molecule has 0 unspecified atom stereocenters. The van der Waals surface area contributed by atoms with Crippen molar-refractivity contribution in [3.05, 3.63) is 181 Å². The van der Waals surface area contributed by atoms with Crippen LogP contribution in [0, 0.1) is 0 Å². The minimum absolute atomic E-state index is 0.0596. The fourth-order valence-electron chi connectivity index (χ4n) is 9.04. The molecule has 9 rings (SSSR count). The second kappa shape index (κ2) is 12.9. The van der Waals surface area contributed by atoms with Gasteiger partial charge in [-0.3, -0.25) is 0 Å². The number of rotatable bonds is 4. The molecular formula is C54H46. The SMILES string of the molecule is CC(C)(C)c1ccc2c(-c3ccccc3-c3cccc4ccccc34)c3ccccc3c(-c3ccccc3-c3cccc4ccccc34)c2c1C(C)(C)C. The van der Waals surface area contributed by atoms with Crippen LogP contribution in [0.3, 0.4) is 0 Å². The van der Waals surface area contributed by atoms with Crippen LogP contribution in [0.25, 0.3) is 87.6 Å². The molecule has 0 nitrogen and oxygen atoms in total. The Kier molecular flexibility index (Phi) is 8.05. The third kappa shape index (κ3) is 5.52. The van der Waals surface area contributed by atoms with Crippen molar-refractivity contribution in [2.45, 2.75) is 52.4 Å². The molecular weight excluding hydrogens is 649 g/mol. The van der Waals surface area contributed by atoms with Gasteiger partial charge in [0.05, 0.1) is 0 Å². The summed E-state index contributed by atoms with van der Waals surface area (Å²) in [6.07, 6.45) is 0. The Morgan fingerprint density at radius 2 is 0.667 bits per heavy atom. The fraction of sp³-hybridized carbons (Fsp3) is 0.148. The Labute approximate surface area is 319 Å². The van der Waals surface area contributed by atoms with Crippen LogP contribution in [0.1, 0.15) is 52.7 Å². The molecule has 54 heavy (non-hydrogen) atoms. The van der Waals surface area contributed by atoms with E-state index in [0.717, 1.165) is 0 Å². The molecule has 0 spiro atoms. The average Bonchev–Trinajstić information content (AvgIpc) is 3.18. The van der Waals surface area contributed by atoms with Gasteiger partial charge in [-0.05, 0) is 110 Å². The summed E-state index contributed by atoms with van der Waals surface area (Å²) in [4.78, 5) is 0. The van der Waals surface area contributed by atoms with Crippen molar-refractivity contribution < 1.29 is 0 Å². The first-order valence-electron chi connectivity index (χ1n) is 19.3. The van der Waals surface area contributed by atoms with E-state index in [9.17, 15) is 0 Å². The van der Waals surface area contributed by atoms with Crippen molar-refractivity contribution in [2.75, 3.05) is 0 Å². The average molecular weight is 695 g/mol. The largest absolute Gasteiger partial charge is 0.0616 e. The van der Waals surface area contributed by atoms with E-state index >= 15 is 0 Å². The Balaban J connectivity index is 1.49. The van der Waals surface area contributed by atoms with Gasteiger partial charge in [0.15, 0.2) is 0 Å². The lowest BCUT2D eigenvalue weighted by Gasteiger charge is -2.34. The number of hydrogen-bond acceptors (Lipinski definition) is 0. The highest BCUT2D eigenvalue weighted by molar-refractivity contribution is 6.25. The minimum Gasteiger partial charge on any atom is -0.0616 e. The van der Waals surface area contributed by atoms with E-state index in [4.69, 9.17) is 0 Å². The molecule has 0 radical (unpaired) electrons. The molecule has 0 saturated heterocycles. The van der Waals surface area contributed by atoms with E-state index in [1.807, 2.05) is 0 Å². The van der Waals surface area contributed by atoms with Crippen molar-refractivity contribution in [3.8, 4) is 44.5 Å². The zero-order chi connectivity index (χ0) is 37.2. The van der Waals surface area contributed by atoms with Gasteiger partial charge in [0, 0.05) is 0 Å². The van der Waals surface area contributed by atoms with Gasteiger partial charge in [0.1, 0.15) is 0 Å². The maximum Gasteiger partial charge on any atom is -0.00170 e. The van der Waals surface area contributed by atoms with Crippen molar-refractivity contribution >= 4 is 43.1 Å². The Hall–Kier alpha value is -5.98. The maximum atomic E-state index is 2.44. The van der Waals surface area contributed by atoms with Gasteiger partial charge in [0.25, 0.3) is 0 Å². The molecule has 0 aliphatic carbocycles. The van der Waals surface area contributed by atoms with Gasteiger partial charge in [0.2, 0.25) is 0 Å². The summed E-state index contributed by atoms with van der Waals surface area (Å²) in [5, 5.41) is 10.2. The molecule has 0 aromatic heterocycles. The summed E-state index contributed by atoms with van der Waals surface area (Å²) < 4.78 is 0.